The van der Waals surface area contributed by atoms with Gasteiger partial charge in [0, 0.05) is 31.1 Å². The first-order valence-electron chi connectivity index (χ1n) is 11.1. The molecule has 0 unspecified atom stereocenters. The summed E-state index contributed by atoms with van der Waals surface area (Å²) in [7, 11) is -3.04. The molecule has 0 bridgehead atoms. The van der Waals surface area contributed by atoms with Crippen LogP contribution >= 0.6 is 11.8 Å². The molecule has 1 aromatic carbocycles. The third kappa shape index (κ3) is 5.78. The van der Waals surface area contributed by atoms with E-state index in [1.54, 1.807) is 4.90 Å². The molecule has 0 aliphatic carbocycles. The molecule has 10 heteroatoms. The molecule has 0 saturated carbocycles. The number of carbonyl (C=O) groups is 1. The number of para-hydroxylation sites is 1. The molecule has 174 valence electrons. The molecule has 2 aromatic rings. The fraction of sp³-hybridized carbons (Fsp3) is 0.591. The monoisotopic (exact) mass is 478 g/mol. The van der Waals surface area contributed by atoms with Crippen LogP contribution in [-0.2, 0) is 25.9 Å². The van der Waals surface area contributed by atoms with Crippen molar-refractivity contribution in [2.24, 2.45) is 0 Å². The standard InChI is InChI=1S/C22H30N4O4S2/c1-2-8-26(17-7-13-32(28,29)16-17)21(27)15-31-22-18-5-3-4-6-19(18)23-20(24-22)14-25-9-11-30-12-10-25/h3-6,17H,2,7-16H2,1H3/t17-/m1/s1. The van der Waals surface area contributed by atoms with Crippen molar-refractivity contribution in [2.45, 2.75) is 37.4 Å². The first-order chi connectivity index (χ1) is 15.4. The molecule has 1 atom stereocenters. The van der Waals surface area contributed by atoms with Gasteiger partial charge in [0.15, 0.2) is 9.84 Å². The number of hydrogen-bond acceptors (Lipinski definition) is 8. The lowest BCUT2D eigenvalue weighted by molar-refractivity contribution is -0.130. The lowest BCUT2D eigenvalue weighted by Gasteiger charge is -2.28. The molecule has 0 spiro atoms. The topological polar surface area (TPSA) is 92.7 Å². The van der Waals surface area contributed by atoms with E-state index in [-0.39, 0.29) is 29.2 Å². The van der Waals surface area contributed by atoms with Crippen molar-refractivity contribution in [1.82, 2.24) is 19.8 Å². The number of thioether (sulfide) groups is 1. The molecular weight excluding hydrogens is 448 g/mol. The molecule has 0 N–H and O–H groups in total. The number of fused-ring (bicyclic) bond motifs is 1. The van der Waals surface area contributed by atoms with Crippen molar-refractivity contribution in [3.63, 3.8) is 0 Å². The van der Waals surface area contributed by atoms with E-state index in [2.05, 4.69) is 4.90 Å². The second-order valence-electron chi connectivity index (χ2n) is 8.28. The van der Waals surface area contributed by atoms with Gasteiger partial charge in [-0.1, -0.05) is 36.9 Å². The Morgan fingerprint density at radius 3 is 2.75 bits per heavy atom. The number of amides is 1. The third-order valence-corrected chi connectivity index (χ3v) is 8.58. The van der Waals surface area contributed by atoms with Crippen LogP contribution in [0.1, 0.15) is 25.6 Å². The summed E-state index contributed by atoms with van der Waals surface area (Å²) in [5.41, 5.74) is 0.869. The number of hydrogen-bond donors (Lipinski definition) is 0. The van der Waals surface area contributed by atoms with Crippen molar-refractivity contribution in [1.29, 1.82) is 0 Å². The zero-order valence-corrected chi connectivity index (χ0v) is 20.0. The molecule has 1 aromatic heterocycles. The van der Waals surface area contributed by atoms with E-state index >= 15 is 0 Å². The highest BCUT2D eigenvalue weighted by atomic mass is 32.2. The SMILES string of the molecule is CCCN(C(=O)CSc1nc(CN2CCOCC2)nc2ccccc12)[C@@H]1CCS(=O)(=O)C1. The second kappa shape index (κ2) is 10.5. The molecule has 2 fully saturated rings. The highest BCUT2D eigenvalue weighted by molar-refractivity contribution is 8.00. The quantitative estimate of drug-likeness (QED) is 0.420. The lowest BCUT2D eigenvalue weighted by Crippen LogP contribution is -2.42. The number of aromatic nitrogens is 2. The number of morpholine rings is 1. The predicted octanol–water partition coefficient (Wildman–Crippen LogP) is 1.98. The van der Waals surface area contributed by atoms with Gasteiger partial charge in [0.05, 0.1) is 42.5 Å². The Labute approximate surface area is 193 Å². The van der Waals surface area contributed by atoms with Crippen LogP contribution < -0.4 is 0 Å². The molecule has 1 amide bonds. The van der Waals surface area contributed by atoms with Gasteiger partial charge in [-0.15, -0.1) is 0 Å². The Morgan fingerprint density at radius 1 is 1.25 bits per heavy atom. The number of sulfone groups is 1. The van der Waals surface area contributed by atoms with Crippen molar-refractivity contribution >= 4 is 38.4 Å². The van der Waals surface area contributed by atoms with E-state index in [0.29, 0.717) is 32.7 Å². The summed E-state index contributed by atoms with van der Waals surface area (Å²) in [5, 5.41) is 1.73. The second-order valence-corrected chi connectivity index (χ2v) is 11.5. The Hall–Kier alpha value is -1.75. The minimum atomic E-state index is -3.04. The largest absolute Gasteiger partial charge is 0.379 e. The van der Waals surface area contributed by atoms with E-state index < -0.39 is 9.84 Å². The maximum atomic E-state index is 13.1. The minimum Gasteiger partial charge on any atom is -0.379 e. The summed E-state index contributed by atoms with van der Waals surface area (Å²) in [5.74, 6) is 1.18. The Morgan fingerprint density at radius 2 is 2.03 bits per heavy atom. The molecule has 2 saturated heterocycles. The molecule has 3 heterocycles. The van der Waals surface area contributed by atoms with Gasteiger partial charge in [0.25, 0.3) is 0 Å². The van der Waals surface area contributed by atoms with Gasteiger partial charge < -0.3 is 9.64 Å². The Kier molecular flexibility index (Phi) is 7.65. The van der Waals surface area contributed by atoms with E-state index in [1.165, 1.54) is 11.8 Å². The Balaban J connectivity index is 1.50. The minimum absolute atomic E-state index is 0.0311. The summed E-state index contributed by atoms with van der Waals surface area (Å²) in [4.78, 5) is 26.6. The van der Waals surface area contributed by atoms with E-state index in [4.69, 9.17) is 14.7 Å². The Bertz CT molecular complexity index is 1060. The molecule has 2 aliphatic rings. The van der Waals surface area contributed by atoms with Crippen LogP contribution in [-0.4, -0.2) is 90.2 Å². The van der Waals surface area contributed by atoms with Crippen LogP contribution in [0.25, 0.3) is 10.9 Å². The van der Waals surface area contributed by atoms with E-state index in [9.17, 15) is 13.2 Å². The highest BCUT2D eigenvalue weighted by Gasteiger charge is 2.34. The summed E-state index contributed by atoms with van der Waals surface area (Å²) in [6.45, 7) is 6.37. The fourth-order valence-corrected chi connectivity index (χ4v) is 6.87. The highest BCUT2D eigenvalue weighted by Crippen LogP contribution is 2.27. The number of rotatable bonds is 8. The maximum absolute atomic E-state index is 13.1. The van der Waals surface area contributed by atoms with Crippen molar-refractivity contribution in [3.05, 3.63) is 30.1 Å². The lowest BCUT2D eigenvalue weighted by atomic mass is 10.2. The van der Waals surface area contributed by atoms with E-state index in [1.807, 2.05) is 31.2 Å². The average Bonchev–Trinajstić information content (AvgIpc) is 3.15. The van der Waals surface area contributed by atoms with Gasteiger partial charge in [0.2, 0.25) is 5.91 Å². The molecular formula is C22H30N4O4S2. The van der Waals surface area contributed by atoms with Gasteiger partial charge in [-0.2, -0.15) is 0 Å². The van der Waals surface area contributed by atoms with Crippen LogP contribution in [0.15, 0.2) is 29.3 Å². The number of benzene rings is 1. The van der Waals surface area contributed by atoms with Gasteiger partial charge in [0.1, 0.15) is 10.9 Å². The number of carbonyl (C=O) groups excluding carboxylic acids is 1. The number of nitrogens with zero attached hydrogens (tertiary/aromatic N) is 4. The van der Waals surface area contributed by atoms with Crippen molar-refractivity contribution in [2.75, 3.05) is 50.1 Å². The van der Waals surface area contributed by atoms with Crippen LogP contribution in [0.4, 0.5) is 0 Å². The normalized spacial score (nSPS) is 21.1. The zero-order chi connectivity index (χ0) is 22.6. The molecule has 8 nitrogen and oxygen atoms in total. The number of ether oxygens (including phenoxy) is 1. The van der Waals surface area contributed by atoms with Crippen molar-refractivity contribution in [3.8, 4) is 0 Å². The fourth-order valence-electron chi connectivity index (χ4n) is 4.22. The van der Waals surface area contributed by atoms with E-state index in [0.717, 1.165) is 41.3 Å². The molecule has 4 rings (SSSR count). The summed E-state index contributed by atoms with van der Waals surface area (Å²) < 4.78 is 29.3. The van der Waals surface area contributed by atoms with Crippen LogP contribution in [0.3, 0.4) is 0 Å². The van der Waals surface area contributed by atoms with Gasteiger partial charge in [-0.3, -0.25) is 9.69 Å². The summed E-state index contributed by atoms with van der Waals surface area (Å²) >= 11 is 1.41. The van der Waals surface area contributed by atoms with Gasteiger partial charge in [-0.25, -0.2) is 18.4 Å². The molecule has 0 radical (unpaired) electrons. The predicted molar refractivity (Wildman–Crippen MR) is 125 cm³/mol. The third-order valence-electron chi connectivity index (χ3n) is 5.85. The maximum Gasteiger partial charge on any atom is 0.233 e. The van der Waals surface area contributed by atoms with Gasteiger partial charge >= 0.3 is 0 Å². The smallest absolute Gasteiger partial charge is 0.233 e. The summed E-state index contributed by atoms with van der Waals surface area (Å²) in [6.07, 6.45) is 1.33. The average molecular weight is 479 g/mol. The van der Waals surface area contributed by atoms with Gasteiger partial charge in [-0.05, 0) is 18.9 Å². The first-order valence-corrected chi connectivity index (χ1v) is 13.9. The molecule has 32 heavy (non-hydrogen) atoms. The molecule has 2 aliphatic heterocycles. The first kappa shape index (κ1) is 23.4. The van der Waals surface area contributed by atoms with Crippen molar-refractivity contribution < 1.29 is 17.9 Å². The summed E-state index contributed by atoms with van der Waals surface area (Å²) in [6, 6.07) is 7.64. The van der Waals surface area contributed by atoms with Crippen LogP contribution in [0, 0.1) is 0 Å². The zero-order valence-electron chi connectivity index (χ0n) is 18.4. The van der Waals surface area contributed by atoms with Crippen LogP contribution in [0.2, 0.25) is 0 Å². The van der Waals surface area contributed by atoms with Crippen LogP contribution in [0.5, 0.6) is 0 Å².